The number of benzene rings is 2. The van der Waals surface area contributed by atoms with Crippen molar-refractivity contribution in [3.05, 3.63) is 47.5 Å². The second-order valence-corrected chi connectivity index (χ2v) is 8.73. The molecule has 1 unspecified atom stereocenters. The fourth-order valence-corrected chi connectivity index (χ4v) is 4.83. The van der Waals surface area contributed by atoms with Crippen LogP contribution in [-0.2, 0) is 6.42 Å². The summed E-state index contributed by atoms with van der Waals surface area (Å²) >= 11 is 0. The van der Waals surface area contributed by atoms with E-state index in [-0.39, 0.29) is 17.4 Å². The maximum Gasteiger partial charge on any atom is 0.144 e. The molecule has 3 N–H and O–H groups in total. The summed E-state index contributed by atoms with van der Waals surface area (Å²) in [5.74, 6) is -0.858. The van der Waals surface area contributed by atoms with Crippen LogP contribution in [-0.4, -0.2) is 54.4 Å². The third kappa shape index (κ3) is 5.39. The van der Waals surface area contributed by atoms with Crippen molar-refractivity contribution in [2.45, 2.75) is 32.1 Å². The van der Waals surface area contributed by atoms with Gasteiger partial charge in [-0.2, -0.15) is 0 Å². The smallest absolute Gasteiger partial charge is 0.144 e. The first kappa shape index (κ1) is 21.7. The van der Waals surface area contributed by atoms with Crippen molar-refractivity contribution < 1.29 is 19.0 Å². The quantitative estimate of drug-likeness (QED) is 0.609. The van der Waals surface area contributed by atoms with Crippen molar-refractivity contribution in [3.63, 3.8) is 0 Å². The van der Waals surface area contributed by atoms with Gasteiger partial charge in [-0.25, -0.2) is 8.78 Å². The molecule has 7 heteroatoms. The molecule has 0 bridgehead atoms. The summed E-state index contributed by atoms with van der Waals surface area (Å²) in [7, 11) is 0. The van der Waals surface area contributed by atoms with Gasteiger partial charge in [-0.3, -0.25) is 0 Å². The Morgan fingerprint density at radius 2 is 1.71 bits per heavy atom. The van der Waals surface area contributed by atoms with Crippen LogP contribution >= 0.6 is 0 Å². The number of nitrogens with zero attached hydrogens (tertiary/aromatic N) is 2. The first-order valence-corrected chi connectivity index (χ1v) is 11.2. The summed E-state index contributed by atoms with van der Waals surface area (Å²) in [5.41, 5.74) is 1.62. The van der Waals surface area contributed by atoms with Crippen LogP contribution in [0.4, 0.5) is 20.2 Å². The molecule has 4 rings (SSSR count). The van der Waals surface area contributed by atoms with Crippen LogP contribution in [0.15, 0.2) is 30.3 Å². The lowest BCUT2D eigenvalue weighted by molar-refractivity contribution is 0.352. The molecule has 0 radical (unpaired) electrons. The third-order valence-corrected chi connectivity index (χ3v) is 6.38. The van der Waals surface area contributed by atoms with Gasteiger partial charge in [-0.1, -0.05) is 6.07 Å². The molecule has 5 nitrogen and oxygen atoms in total. The number of likely N-dealkylation sites (tertiary alicyclic amines) is 1. The summed E-state index contributed by atoms with van der Waals surface area (Å²) in [5, 5.41) is 24.5. The zero-order chi connectivity index (χ0) is 21.8. The zero-order valence-electron chi connectivity index (χ0n) is 17.8. The molecule has 1 atom stereocenters. The standard InChI is InChI=1S/C24H31F2N3O2/c25-19-6-5-18(21(26)13-19)12-17-4-3-10-29(16-17)24-22(30)14-20(15-23(24)31)27-7-11-28-8-1-2-9-28/h5-6,13-15,17,27,30-31H,1-4,7-12,16H2. The number of halogens is 2. The minimum Gasteiger partial charge on any atom is -0.506 e. The van der Waals surface area contributed by atoms with Crippen molar-refractivity contribution in [1.29, 1.82) is 0 Å². The number of aromatic hydroxyl groups is 2. The molecular weight excluding hydrogens is 400 g/mol. The SMILES string of the molecule is Oc1cc(NCCN2CCCC2)cc(O)c1N1CCCC(Cc2ccc(F)cc2F)C1. The van der Waals surface area contributed by atoms with Gasteiger partial charge < -0.3 is 25.3 Å². The molecule has 2 aliphatic rings. The fourth-order valence-electron chi connectivity index (χ4n) is 4.83. The zero-order valence-corrected chi connectivity index (χ0v) is 17.8. The topological polar surface area (TPSA) is 59.0 Å². The number of nitrogens with one attached hydrogen (secondary N) is 1. The van der Waals surface area contributed by atoms with Crippen molar-refractivity contribution in [1.82, 2.24) is 4.90 Å². The first-order valence-electron chi connectivity index (χ1n) is 11.2. The first-order chi connectivity index (χ1) is 15.0. The average Bonchev–Trinajstić information content (AvgIpc) is 3.24. The molecular formula is C24H31F2N3O2. The van der Waals surface area contributed by atoms with Crippen LogP contribution < -0.4 is 10.2 Å². The molecule has 2 heterocycles. The molecule has 0 spiro atoms. The molecule has 168 valence electrons. The number of phenolic OH excluding ortho intramolecular Hbond substituents is 2. The molecule has 0 aliphatic carbocycles. The van der Waals surface area contributed by atoms with Gasteiger partial charge in [0.05, 0.1) is 0 Å². The monoisotopic (exact) mass is 431 g/mol. The molecule has 2 aromatic rings. The van der Waals surface area contributed by atoms with Gasteiger partial charge in [0.15, 0.2) is 0 Å². The van der Waals surface area contributed by atoms with E-state index >= 15 is 0 Å². The van der Waals surface area contributed by atoms with Crippen LogP contribution in [0, 0.1) is 17.6 Å². The van der Waals surface area contributed by atoms with Crippen LogP contribution in [0.2, 0.25) is 0 Å². The number of rotatable bonds is 7. The molecule has 31 heavy (non-hydrogen) atoms. The Kier molecular flexibility index (Phi) is 6.80. The van der Waals surface area contributed by atoms with Gasteiger partial charge in [0.25, 0.3) is 0 Å². The summed E-state index contributed by atoms with van der Waals surface area (Å²) < 4.78 is 27.2. The van der Waals surface area contributed by atoms with E-state index in [9.17, 15) is 19.0 Å². The Hall–Kier alpha value is -2.54. The lowest BCUT2D eigenvalue weighted by Crippen LogP contribution is -2.36. The molecule has 2 aromatic carbocycles. The van der Waals surface area contributed by atoms with Crippen molar-refractivity contribution in [2.24, 2.45) is 5.92 Å². The van der Waals surface area contributed by atoms with Gasteiger partial charge in [-0.05, 0) is 62.7 Å². The van der Waals surface area contributed by atoms with Gasteiger partial charge in [0, 0.05) is 50.1 Å². The largest absolute Gasteiger partial charge is 0.506 e. The predicted octanol–water partition coefficient (Wildman–Crippen LogP) is 4.34. The van der Waals surface area contributed by atoms with E-state index in [1.165, 1.54) is 25.0 Å². The Bertz CT molecular complexity index is 879. The van der Waals surface area contributed by atoms with Crippen LogP contribution in [0.1, 0.15) is 31.2 Å². The van der Waals surface area contributed by atoms with Crippen LogP contribution in [0.5, 0.6) is 11.5 Å². The predicted molar refractivity (Wildman–Crippen MR) is 119 cm³/mol. The highest BCUT2D eigenvalue weighted by atomic mass is 19.1. The van der Waals surface area contributed by atoms with Gasteiger partial charge in [0.2, 0.25) is 0 Å². The Morgan fingerprint density at radius 1 is 0.968 bits per heavy atom. The van der Waals surface area contributed by atoms with E-state index in [4.69, 9.17) is 0 Å². The van der Waals surface area contributed by atoms with Gasteiger partial charge in [0.1, 0.15) is 28.8 Å². The number of phenols is 2. The lowest BCUT2D eigenvalue weighted by Gasteiger charge is -2.35. The normalized spacial score (nSPS) is 19.7. The summed E-state index contributed by atoms with van der Waals surface area (Å²) in [6.07, 6.45) is 4.80. The minimum atomic E-state index is -0.574. The minimum absolute atomic E-state index is 0.0392. The van der Waals surface area contributed by atoms with Crippen LogP contribution in [0.25, 0.3) is 0 Å². The highest BCUT2D eigenvalue weighted by molar-refractivity contribution is 5.72. The lowest BCUT2D eigenvalue weighted by atomic mass is 9.90. The van der Waals surface area contributed by atoms with E-state index in [1.807, 2.05) is 4.90 Å². The molecule has 2 fully saturated rings. The number of anilines is 2. The Balaban J connectivity index is 1.39. The fraction of sp³-hybridized carbons (Fsp3) is 0.500. The maximum absolute atomic E-state index is 14.1. The third-order valence-electron chi connectivity index (χ3n) is 6.38. The molecule has 0 saturated carbocycles. The second kappa shape index (κ2) is 9.73. The Labute approximate surface area is 182 Å². The molecule has 0 amide bonds. The van der Waals surface area contributed by atoms with Gasteiger partial charge >= 0.3 is 0 Å². The van der Waals surface area contributed by atoms with Crippen molar-refractivity contribution in [2.75, 3.05) is 49.5 Å². The highest BCUT2D eigenvalue weighted by Crippen LogP contribution is 2.41. The summed E-state index contributed by atoms with van der Waals surface area (Å²) in [6, 6.07) is 7.01. The van der Waals surface area contributed by atoms with Crippen molar-refractivity contribution in [3.8, 4) is 11.5 Å². The Morgan fingerprint density at radius 3 is 2.42 bits per heavy atom. The van der Waals surface area contributed by atoms with E-state index in [2.05, 4.69) is 10.2 Å². The van der Waals surface area contributed by atoms with E-state index in [0.29, 0.717) is 36.4 Å². The number of hydrogen-bond donors (Lipinski definition) is 3. The van der Waals surface area contributed by atoms with E-state index < -0.39 is 11.6 Å². The average molecular weight is 432 g/mol. The number of piperidine rings is 1. The van der Waals surface area contributed by atoms with Crippen LogP contribution in [0.3, 0.4) is 0 Å². The maximum atomic E-state index is 14.1. The summed E-state index contributed by atoms with van der Waals surface area (Å²) in [6.45, 7) is 5.28. The number of hydrogen-bond acceptors (Lipinski definition) is 5. The molecule has 2 saturated heterocycles. The highest BCUT2D eigenvalue weighted by Gasteiger charge is 2.25. The molecule has 0 aromatic heterocycles. The van der Waals surface area contributed by atoms with Crippen molar-refractivity contribution >= 4 is 11.4 Å². The van der Waals surface area contributed by atoms with Gasteiger partial charge in [-0.15, -0.1) is 0 Å². The van der Waals surface area contributed by atoms with E-state index in [1.54, 1.807) is 12.1 Å². The second-order valence-electron chi connectivity index (χ2n) is 8.73. The molecule has 2 aliphatic heterocycles. The van der Waals surface area contributed by atoms with E-state index in [0.717, 1.165) is 45.1 Å². The summed E-state index contributed by atoms with van der Waals surface area (Å²) in [4.78, 5) is 4.37.